The number of hydrogen-bond acceptors (Lipinski definition) is 4. The van der Waals surface area contributed by atoms with E-state index >= 15 is 0 Å². The number of aryl methyl sites for hydroxylation is 1. The van der Waals surface area contributed by atoms with Gasteiger partial charge in [0, 0.05) is 17.3 Å². The Kier molecular flexibility index (Phi) is 3.11. The highest BCUT2D eigenvalue weighted by Gasteiger charge is 2.12. The number of nitrogens with one attached hydrogen (secondary N) is 1. The van der Waals surface area contributed by atoms with Crippen LogP contribution in [-0.2, 0) is 0 Å². The Morgan fingerprint density at radius 2 is 2.07 bits per heavy atom. The van der Waals surface area contributed by atoms with Gasteiger partial charge in [-0.2, -0.15) is 0 Å². The van der Waals surface area contributed by atoms with Gasteiger partial charge in [-0.1, -0.05) is 0 Å². The van der Waals surface area contributed by atoms with Crippen molar-refractivity contribution in [2.45, 2.75) is 13.0 Å². The summed E-state index contributed by atoms with van der Waals surface area (Å²) in [7, 11) is 0. The molecule has 0 aliphatic rings. The summed E-state index contributed by atoms with van der Waals surface area (Å²) < 4.78 is 0. The van der Waals surface area contributed by atoms with Crippen LogP contribution < -0.4 is 11.3 Å². The Morgan fingerprint density at radius 1 is 1.33 bits per heavy atom. The van der Waals surface area contributed by atoms with E-state index in [0.29, 0.717) is 0 Å². The van der Waals surface area contributed by atoms with Crippen molar-refractivity contribution in [1.29, 1.82) is 0 Å². The number of rotatable bonds is 3. The fourth-order valence-corrected chi connectivity index (χ4v) is 2.29. The van der Waals surface area contributed by atoms with E-state index in [1.807, 2.05) is 12.1 Å². The SMILES string of the molecule is Cc1cc(C(NN)c2ccncc2)cs1. The van der Waals surface area contributed by atoms with Crippen LogP contribution in [0.25, 0.3) is 0 Å². The summed E-state index contributed by atoms with van der Waals surface area (Å²) in [5, 5.41) is 2.13. The van der Waals surface area contributed by atoms with Gasteiger partial charge in [0.05, 0.1) is 6.04 Å². The van der Waals surface area contributed by atoms with Gasteiger partial charge in [0.1, 0.15) is 0 Å². The summed E-state index contributed by atoms with van der Waals surface area (Å²) in [5.41, 5.74) is 5.16. The second-order valence-electron chi connectivity index (χ2n) is 3.37. The molecule has 0 spiro atoms. The van der Waals surface area contributed by atoms with Crippen molar-refractivity contribution in [3.05, 3.63) is 52.0 Å². The molecule has 0 saturated heterocycles. The zero-order valence-corrected chi connectivity index (χ0v) is 9.29. The summed E-state index contributed by atoms with van der Waals surface area (Å²) in [6.07, 6.45) is 3.55. The molecule has 0 radical (unpaired) electrons. The molecular weight excluding hydrogens is 206 g/mol. The second-order valence-corrected chi connectivity index (χ2v) is 4.49. The van der Waals surface area contributed by atoms with E-state index < -0.39 is 0 Å². The molecule has 2 heterocycles. The van der Waals surface area contributed by atoms with Crippen LogP contribution in [0.2, 0.25) is 0 Å². The minimum absolute atomic E-state index is 0.0537. The first kappa shape index (κ1) is 10.3. The van der Waals surface area contributed by atoms with Crippen LogP contribution in [0.1, 0.15) is 22.0 Å². The molecule has 78 valence electrons. The number of hydrazine groups is 1. The first-order chi connectivity index (χ1) is 7.31. The lowest BCUT2D eigenvalue weighted by molar-refractivity contribution is 0.638. The third-order valence-corrected chi connectivity index (χ3v) is 3.17. The van der Waals surface area contributed by atoms with Crippen molar-refractivity contribution >= 4 is 11.3 Å². The van der Waals surface area contributed by atoms with Gasteiger partial charge in [-0.05, 0) is 41.6 Å². The lowest BCUT2D eigenvalue weighted by Gasteiger charge is -2.14. The Hall–Kier alpha value is -1.23. The fourth-order valence-electron chi connectivity index (χ4n) is 1.56. The number of aromatic nitrogens is 1. The van der Waals surface area contributed by atoms with Gasteiger partial charge in [0.25, 0.3) is 0 Å². The van der Waals surface area contributed by atoms with E-state index in [-0.39, 0.29) is 6.04 Å². The molecule has 0 bridgehead atoms. The standard InChI is InChI=1S/C11H13N3S/c1-8-6-10(7-15-8)11(14-12)9-2-4-13-5-3-9/h2-7,11,14H,12H2,1H3. The van der Waals surface area contributed by atoms with Crippen LogP contribution >= 0.6 is 11.3 Å². The minimum atomic E-state index is 0.0537. The van der Waals surface area contributed by atoms with Gasteiger partial charge in [0.2, 0.25) is 0 Å². The normalized spacial score (nSPS) is 12.7. The Bertz CT molecular complexity index is 424. The predicted octanol–water partition coefficient (Wildman–Crippen LogP) is 2.00. The smallest absolute Gasteiger partial charge is 0.0719 e. The summed E-state index contributed by atoms with van der Waals surface area (Å²) >= 11 is 1.73. The van der Waals surface area contributed by atoms with E-state index in [1.54, 1.807) is 23.7 Å². The average Bonchev–Trinajstić information content (AvgIpc) is 2.68. The number of hydrogen-bond donors (Lipinski definition) is 2. The monoisotopic (exact) mass is 219 g/mol. The summed E-state index contributed by atoms with van der Waals surface area (Å²) in [6.45, 7) is 2.09. The van der Waals surface area contributed by atoms with Gasteiger partial charge in [-0.25, -0.2) is 5.43 Å². The minimum Gasteiger partial charge on any atom is -0.271 e. The zero-order valence-electron chi connectivity index (χ0n) is 8.47. The van der Waals surface area contributed by atoms with Crippen molar-refractivity contribution in [2.24, 2.45) is 5.84 Å². The zero-order chi connectivity index (χ0) is 10.7. The maximum atomic E-state index is 5.58. The molecule has 2 aromatic heterocycles. The molecule has 2 aromatic rings. The Balaban J connectivity index is 2.33. The molecule has 3 nitrogen and oxygen atoms in total. The van der Waals surface area contributed by atoms with E-state index in [9.17, 15) is 0 Å². The van der Waals surface area contributed by atoms with Crippen LogP contribution in [0, 0.1) is 6.92 Å². The summed E-state index contributed by atoms with van der Waals surface area (Å²) in [4.78, 5) is 5.29. The molecule has 4 heteroatoms. The van der Waals surface area contributed by atoms with Crippen molar-refractivity contribution in [3.63, 3.8) is 0 Å². The molecule has 0 amide bonds. The van der Waals surface area contributed by atoms with E-state index in [4.69, 9.17) is 5.84 Å². The van der Waals surface area contributed by atoms with E-state index in [0.717, 1.165) is 5.56 Å². The molecule has 0 fully saturated rings. The van der Waals surface area contributed by atoms with Gasteiger partial charge >= 0.3 is 0 Å². The number of nitrogens with zero attached hydrogens (tertiary/aromatic N) is 1. The largest absolute Gasteiger partial charge is 0.271 e. The van der Waals surface area contributed by atoms with Crippen molar-refractivity contribution in [1.82, 2.24) is 10.4 Å². The average molecular weight is 219 g/mol. The Morgan fingerprint density at radius 3 is 2.60 bits per heavy atom. The molecule has 0 aliphatic carbocycles. The third kappa shape index (κ3) is 2.23. The van der Waals surface area contributed by atoms with Crippen molar-refractivity contribution in [3.8, 4) is 0 Å². The number of nitrogens with two attached hydrogens (primary N) is 1. The first-order valence-electron chi connectivity index (χ1n) is 4.72. The van der Waals surface area contributed by atoms with Crippen molar-refractivity contribution in [2.75, 3.05) is 0 Å². The predicted molar refractivity (Wildman–Crippen MR) is 62.5 cm³/mol. The van der Waals surface area contributed by atoms with Crippen LogP contribution in [0.4, 0.5) is 0 Å². The highest BCUT2D eigenvalue weighted by Crippen LogP contribution is 2.24. The quantitative estimate of drug-likeness (QED) is 0.613. The lowest BCUT2D eigenvalue weighted by atomic mass is 10.0. The Labute approximate surface area is 92.9 Å². The van der Waals surface area contributed by atoms with Gasteiger partial charge in [-0.15, -0.1) is 11.3 Å². The molecule has 1 atom stereocenters. The van der Waals surface area contributed by atoms with Gasteiger partial charge in [0.15, 0.2) is 0 Å². The van der Waals surface area contributed by atoms with E-state index in [2.05, 4.69) is 28.8 Å². The fraction of sp³-hybridized carbons (Fsp3) is 0.182. The molecule has 0 aromatic carbocycles. The first-order valence-corrected chi connectivity index (χ1v) is 5.60. The maximum absolute atomic E-state index is 5.58. The van der Waals surface area contributed by atoms with Crippen LogP contribution in [0.3, 0.4) is 0 Å². The van der Waals surface area contributed by atoms with Gasteiger partial charge < -0.3 is 0 Å². The summed E-state index contributed by atoms with van der Waals surface area (Å²) in [6, 6.07) is 6.14. The van der Waals surface area contributed by atoms with Crippen LogP contribution in [-0.4, -0.2) is 4.98 Å². The van der Waals surface area contributed by atoms with Crippen LogP contribution in [0.5, 0.6) is 0 Å². The maximum Gasteiger partial charge on any atom is 0.0719 e. The highest BCUT2D eigenvalue weighted by atomic mass is 32.1. The lowest BCUT2D eigenvalue weighted by Crippen LogP contribution is -2.28. The number of thiophene rings is 1. The molecule has 1 unspecified atom stereocenters. The third-order valence-electron chi connectivity index (χ3n) is 2.29. The second kappa shape index (κ2) is 4.53. The molecule has 2 rings (SSSR count). The van der Waals surface area contributed by atoms with Gasteiger partial charge in [-0.3, -0.25) is 10.8 Å². The van der Waals surface area contributed by atoms with E-state index in [1.165, 1.54) is 10.4 Å². The summed E-state index contributed by atoms with van der Waals surface area (Å²) in [5.74, 6) is 5.58. The van der Waals surface area contributed by atoms with Crippen molar-refractivity contribution < 1.29 is 0 Å². The molecule has 15 heavy (non-hydrogen) atoms. The molecular formula is C11H13N3S. The molecule has 3 N–H and O–H groups in total. The highest BCUT2D eigenvalue weighted by molar-refractivity contribution is 7.10. The van der Waals surface area contributed by atoms with Crippen LogP contribution in [0.15, 0.2) is 36.0 Å². The topological polar surface area (TPSA) is 50.9 Å². The molecule has 0 aliphatic heterocycles. The number of pyridine rings is 1. The molecule has 0 saturated carbocycles.